The normalized spacial score (nSPS) is 12.0. The second kappa shape index (κ2) is 8.21. The van der Waals surface area contributed by atoms with Crippen molar-refractivity contribution in [2.75, 3.05) is 33.4 Å². The van der Waals surface area contributed by atoms with Gasteiger partial charge in [-0.3, -0.25) is 0 Å². The van der Waals surface area contributed by atoms with Gasteiger partial charge in [0.15, 0.2) is 0 Å². The maximum atomic E-state index is 5.46. The summed E-state index contributed by atoms with van der Waals surface area (Å²) in [5.74, 6) is 0. The molecule has 0 saturated heterocycles. The van der Waals surface area contributed by atoms with Gasteiger partial charge in [0.1, 0.15) is 0 Å². The zero-order chi connectivity index (χ0) is 11.0. The van der Waals surface area contributed by atoms with E-state index in [0.29, 0.717) is 12.2 Å². The SMILES string of the molecule is CC(C)OCCN(C)CCOC(C)C. The van der Waals surface area contributed by atoms with Crippen LogP contribution in [-0.4, -0.2) is 50.5 Å². The van der Waals surface area contributed by atoms with Crippen molar-refractivity contribution in [2.45, 2.75) is 39.9 Å². The first kappa shape index (κ1) is 13.9. The van der Waals surface area contributed by atoms with Gasteiger partial charge in [0, 0.05) is 13.1 Å². The highest BCUT2D eigenvalue weighted by Crippen LogP contribution is 1.91. The van der Waals surface area contributed by atoms with Gasteiger partial charge in [-0.25, -0.2) is 0 Å². The molecule has 0 aromatic carbocycles. The lowest BCUT2D eigenvalue weighted by atomic mass is 10.4. The van der Waals surface area contributed by atoms with Crippen molar-refractivity contribution in [1.29, 1.82) is 0 Å². The fourth-order valence-electron chi connectivity index (χ4n) is 1.00. The molecule has 0 rings (SSSR count). The molecule has 0 aliphatic carbocycles. The molecule has 3 nitrogen and oxygen atoms in total. The molecule has 0 heterocycles. The van der Waals surface area contributed by atoms with Crippen LogP contribution in [0.1, 0.15) is 27.7 Å². The van der Waals surface area contributed by atoms with Crippen molar-refractivity contribution in [3.8, 4) is 0 Å². The van der Waals surface area contributed by atoms with E-state index in [2.05, 4.69) is 39.6 Å². The summed E-state index contributed by atoms with van der Waals surface area (Å²) >= 11 is 0. The molecule has 0 radical (unpaired) electrons. The number of ether oxygens (including phenoxy) is 2. The van der Waals surface area contributed by atoms with Gasteiger partial charge in [0.25, 0.3) is 0 Å². The topological polar surface area (TPSA) is 21.7 Å². The molecule has 0 N–H and O–H groups in total. The molecule has 0 spiro atoms. The quantitative estimate of drug-likeness (QED) is 0.600. The zero-order valence-electron chi connectivity index (χ0n) is 10.2. The third-order valence-electron chi connectivity index (χ3n) is 1.85. The van der Waals surface area contributed by atoms with E-state index >= 15 is 0 Å². The van der Waals surface area contributed by atoms with E-state index in [4.69, 9.17) is 9.47 Å². The van der Waals surface area contributed by atoms with Crippen molar-refractivity contribution >= 4 is 0 Å². The van der Waals surface area contributed by atoms with Crippen LogP contribution in [0.25, 0.3) is 0 Å². The van der Waals surface area contributed by atoms with E-state index < -0.39 is 0 Å². The molecule has 3 heteroatoms. The van der Waals surface area contributed by atoms with Crippen LogP contribution < -0.4 is 0 Å². The number of nitrogens with zero attached hydrogens (tertiary/aromatic N) is 1. The highest BCUT2D eigenvalue weighted by molar-refractivity contribution is 4.51. The maximum Gasteiger partial charge on any atom is 0.0596 e. The monoisotopic (exact) mass is 203 g/mol. The summed E-state index contributed by atoms with van der Waals surface area (Å²) in [4.78, 5) is 2.23. The Hall–Kier alpha value is -0.120. The molecular formula is C11H25NO2. The fourth-order valence-corrected chi connectivity index (χ4v) is 1.00. The van der Waals surface area contributed by atoms with Crippen molar-refractivity contribution < 1.29 is 9.47 Å². The van der Waals surface area contributed by atoms with Crippen LogP contribution in [0, 0.1) is 0 Å². The van der Waals surface area contributed by atoms with Crippen molar-refractivity contribution in [2.24, 2.45) is 0 Å². The third-order valence-corrected chi connectivity index (χ3v) is 1.85. The van der Waals surface area contributed by atoms with Gasteiger partial charge in [-0.2, -0.15) is 0 Å². The van der Waals surface area contributed by atoms with Gasteiger partial charge in [-0.15, -0.1) is 0 Å². The average molecular weight is 203 g/mol. The van der Waals surface area contributed by atoms with Crippen molar-refractivity contribution in [3.05, 3.63) is 0 Å². The Morgan fingerprint density at radius 3 is 1.50 bits per heavy atom. The van der Waals surface area contributed by atoms with Gasteiger partial charge >= 0.3 is 0 Å². The van der Waals surface area contributed by atoms with Crippen LogP contribution in [0.4, 0.5) is 0 Å². The fraction of sp³-hybridized carbons (Fsp3) is 1.00. The Bertz CT molecular complexity index is 112. The first-order valence-electron chi connectivity index (χ1n) is 5.44. The number of hydrogen-bond acceptors (Lipinski definition) is 3. The first-order chi connectivity index (χ1) is 6.52. The molecule has 0 bridgehead atoms. The average Bonchev–Trinajstić information content (AvgIpc) is 2.02. The van der Waals surface area contributed by atoms with Gasteiger partial charge in [0.05, 0.1) is 25.4 Å². The number of likely N-dealkylation sites (N-methyl/N-ethyl adjacent to an activating group) is 1. The lowest BCUT2D eigenvalue weighted by Crippen LogP contribution is -2.28. The van der Waals surface area contributed by atoms with Gasteiger partial charge in [-0.05, 0) is 34.7 Å². The van der Waals surface area contributed by atoms with E-state index in [1.165, 1.54) is 0 Å². The number of hydrogen-bond donors (Lipinski definition) is 0. The molecule has 0 unspecified atom stereocenters. The van der Waals surface area contributed by atoms with Crippen molar-refractivity contribution in [3.63, 3.8) is 0 Å². The zero-order valence-corrected chi connectivity index (χ0v) is 10.2. The molecule has 0 saturated carbocycles. The lowest BCUT2D eigenvalue weighted by molar-refractivity contribution is 0.0415. The molecule has 0 aliphatic rings. The first-order valence-corrected chi connectivity index (χ1v) is 5.44. The van der Waals surface area contributed by atoms with E-state index in [1.807, 2.05) is 0 Å². The summed E-state index contributed by atoms with van der Waals surface area (Å²) in [5, 5.41) is 0. The summed E-state index contributed by atoms with van der Waals surface area (Å²) < 4.78 is 10.9. The molecule has 0 fully saturated rings. The van der Waals surface area contributed by atoms with Crippen LogP contribution in [0.3, 0.4) is 0 Å². The Kier molecular flexibility index (Phi) is 8.14. The largest absolute Gasteiger partial charge is 0.377 e. The summed E-state index contributed by atoms with van der Waals surface area (Å²) in [6.07, 6.45) is 0.658. The predicted octanol–water partition coefficient (Wildman–Crippen LogP) is 1.77. The van der Waals surface area contributed by atoms with Crippen LogP contribution >= 0.6 is 0 Å². The molecule has 0 aromatic heterocycles. The minimum atomic E-state index is 0.329. The van der Waals surface area contributed by atoms with E-state index in [-0.39, 0.29) is 0 Å². The predicted molar refractivity (Wildman–Crippen MR) is 59.7 cm³/mol. The van der Waals surface area contributed by atoms with Gasteiger partial charge < -0.3 is 14.4 Å². The van der Waals surface area contributed by atoms with Gasteiger partial charge in [0.2, 0.25) is 0 Å². The maximum absolute atomic E-state index is 5.46. The second-order valence-electron chi connectivity index (χ2n) is 4.14. The molecule has 0 aliphatic heterocycles. The second-order valence-corrected chi connectivity index (χ2v) is 4.14. The van der Waals surface area contributed by atoms with E-state index in [9.17, 15) is 0 Å². The molecule has 86 valence electrons. The summed E-state index contributed by atoms with van der Waals surface area (Å²) in [6.45, 7) is 11.8. The minimum absolute atomic E-state index is 0.329. The van der Waals surface area contributed by atoms with Crippen LogP contribution in [0.2, 0.25) is 0 Å². The highest BCUT2D eigenvalue weighted by Gasteiger charge is 2.00. The Labute approximate surface area is 88.4 Å². The van der Waals surface area contributed by atoms with Crippen LogP contribution in [-0.2, 0) is 9.47 Å². The van der Waals surface area contributed by atoms with E-state index in [0.717, 1.165) is 26.3 Å². The van der Waals surface area contributed by atoms with Gasteiger partial charge in [-0.1, -0.05) is 0 Å². The Morgan fingerprint density at radius 1 is 0.857 bits per heavy atom. The lowest BCUT2D eigenvalue weighted by Gasteiger charge is -2.18. The Balaban J connectivity index is 3.23. The molecule has 0 atom stereocenters. The Morgan fingerprint density at radius 2 is 1.21 bits per heavy atom. The van der Waals surface area contributed by atoms with Crippen LogP contribution in [0.5, 0.6) is 0 Å². The van der Waals surface area contributed by atoms with Crippen LogP contribution in [0.15, 0.2) is 0 Å². The number of rotatable bonds is 8. The molecule has 0 aromatic rings. The highest BCUT2D eigenvalue weighted by atomic mass is 16.5. The molecule has 0 amide bonds. The summed E-state index contributed by atoms with van der Waals surface area (Å²) in [5.41, 5.74) is 0. The standard InChI is InChI=1S/C11H25NO2/c1-10(2)13-8-6-12(5)7-9-14-11(3)4/h10-11H,6-9H2,1-5H3. The minimum Gasteiger partial charge on any atom is -0.377 e. The third kappa shape index (κ3) is 9.96. The van der Waals surface area contributed by atoms with Crippen molar-refractivity contribution in [1.82, 2.24) is 4.90 Å². The smallest absolute Gasteiger partial charge is 0.0596 e. The summed E-state index contributed by atoms with van der Waals surface area (Å²) in [6, 6.07) is 0. The van der Waals surface area contributed by atoms with E-state index in [1.54, 1.807) is 0 Å². The summed E-state index contributed by atoms with van der Waals surface area (Å²) in [7, 11) is 2.09. The molecular weight excluding hydrogens is 178 g/mol. The molecule has 14 heavy (non-hydrogen) atoms.